The SMILES string of the molecule is CCCC(C)c1ccc(-c2ccc(-c3cc(F)c(/C=C/C(F)(F)F)c(F)c3)c(F)c2)c(F)c1. The molecule has 7 heteroatoms. The molecule has 0 aliphatic heterocycles. The molecular formula is C26H21F7. The van der Waals surface area contributed by atoms with Crippen LogP contribution >= 0.6 is 0 Å². The molecule has 0 aliphatic rings. The summed E-state index contributed by atoms with van der Waals surface area (Å²) >= 11 is 0. The summed E-state index contributed by atoms with van der Waals surface area (Å²) in [7, 11) is 0. The molecule has 0 radical (unpaired) electrons. The van der Waals surface area contributed by atoms with E-state index in [-0.39, 0.29) is 40.3 Å². The molecule has 0 fully saturated rings. The second-order valence-electron chi connectivity index (χ2n) is 7.85. The van der Waals surface area contributed by atoms with E-state index < -0.39 is 35.0 Å². The Balaban J connectivity index is 1.94. The monoisotopic (exact) mass is 466 g/mol. The van der Waals surface area contributed by atoms with E-state index in [9.17, 15) is 30.7 Å². The number of halogens is 7. The molecule has 3 rings (SSSR count). The zero-order chi connectivity index (χ0) is 24.3. The van der Waals surface area contributed by atoms with Gasteiger partial charge in [0.15, 0.2) is 0 Å². The second-order valence-corrected chi connectivity index (χ2v) is 7.85. The lowest BCUT2D eigenvalue weighted by Gasteiger charge is -2.13. The van der Waals surface area contributed by atoms with Gasteiger partial charge in [0.2, 0.25) is 0 Å². The van der Waals surface area contributed by atoms with Crippen molar-refractivity contribution in [1.29, 1.82) is 0 Å². The quantitative estimate of drug-likeness (QED) is 0.318. The molecule has 0 amide bonds. The van der Waals surface area contributed by atoms with Gasteiger partial charge in [-0.3, -0.25) is 0 Å². The van der Waals surface area contributed by atoms with Crippen LogP contribution in [0, 0.1) is 23.3 Å². The average Bonchev–Trinajstić information content (AvgIpc) is 2.72. The van der Waals surface area contributed by atoms with Crippen LogP contribution in [0.15, 0.2) is 54.6 Å². The van der Waals surface area contributed by atoms with Crippen LogP contribution in [0.25, 0.3) is 28.3 Å². The molecule has 1 atom stereocenters. The van der Waals surface area contributed by atoms with Crippen LogP contribution in [-0.4, -0.2) is 6.18 Å². The number of alkyl halides is 3. The fourth-order valence-electron chi connectivity index (χ4n) is 3.67. The first-order valence-electron chi connectivity index (χ1n) is 10.3. The number of benzene rings is 3. The summed E-state index contributed by atoms with van der Waals surface area (Å²) in [5.74, 6) is -3.72. The largest absolute Gasteiger partial charge is 0.409 e. The minimum absolute atomic E-state index is 0.170. The van der Waals surface area contributed by atoms with E-state index >= 15 is 0 Å². The highest BCUT2D eigenvalue weighted by atomic mass is 19.4. The third-order valence-corrected chi connectivity index (χ3v) is 5.39. The Morgan fingerprint density at radius 3 is 1.85 bits per heavy atom. The number of allylic oxidation sites excluding steroid dienone is 1. The van der Waals surface area contributed by atoms with Crippen molar-refractivity contribution in [3.8, 4) is 22.3 Å². The Kier molecular flexibility index (Phi) is 7.30. The molecule has 1 unspecified atom stereocenters. The van der Waals surface area contributed by atoms with E-state index in [1.165, 1.54) is 18.2 Å². The molecule has 3 aromatic rings. The van der Waals surface area contributed by atoms with E-state index in [2.05, 4.69) is 0 Å². The predicted molar refractivity (Wildman–Crippen MR) is 116 cm³/mol. The summed E-state index contributed by atoms with van der Waals surface area (Å²) in [5.41, 5.74) is 0.0132. The van der Waals surface area contributed by atoms with Crippen molar-refractivity contribution in [2.45, 2.75) is 38.8 Å². The van der Waals surface area contributed by atoms with E-state index in [1.807, 2.05) is 13.8 Å². The Morgan fingerprint density at radius 1 is 0.758 bits per heavy atom. The summed E-state index contributed by atoms with van der Waals surface area (Å²) in [6.07, 6.45) is -2.88. The van der Waals surface area contributed by atoms with E-state index in [4.69, 9.17) is 0 Å². The summed E-state index contributed by atoms with van der Waals surface area (Å²) in [5, 5.41) is 0. The van der Waals surface area contributed by atoms with Crippen LogP contribution in [0.1, 0.15) is 43.7 Å². The zero-order valence-corrected chi connectivity index (χ0v) is 17.9. The summed E-state index contributed by atoms with van der Waals surface area (Å²) in [6.45, 7) is 4.03. The minimum Gasteiger partial charge on any atom is -0.206 e. The fourth-order valence-corrected chi connectivity index (χ4v) is 3.67. The standard InChI is InChI=1S/C26H21F7/c1-3-4-15(2)16-5-7-19(22(27)11-16)17-6-8-20(23(28)12-17)18-13-24(29)21(25(30)14-18)9-10-26(31,32)33/h5-15H,3-4H2,1-2H3/b10-9+. The van der Waals surface area contributed by atoms with Crippen LogP contribution in [-0.2, 0) is 0 Å². The van der Waals surface area contributed by atoms with Crippen molar-refractivity contribution in [3.05, 3.63) is 89.0 Å². The fraction of sp³-hybridized carbons (Fsp3) is 0.231. The molecule has 0 nitrogen and oxygen atoms in total. The highest BCUT2D eigenvalue weighted by Gasteiger charge is 2.23. The number of hydrogen-bond acceptors (Lipinski definition) is 0. The van der Waals surface area contributed by atoms with E-state index in [0.717, 1.165) is 36.6 Å². The van der Waals surface area contributed by atoms with Gasteiger partial charge < -0.3 is 0 Å². The number of hydrogen-bond donors (Lipinski definition) is 0. The molecule has 0 heterocycles. The van der Waals surface area contributed by atoms with Crippen molar-refractivity contribution in [3.63, 3.8) is 0 Å². The Bertz CT molecular complexity index is 1150. The second kappa shape index (κ2) is 9.81. The Hall–Kier alpha value is -3.09. The molecule has 0 saturated carbocycles. The maximum Gasteiger partial charge on any atom is 0.409 e. The van der Waals surface area contributed by atoms with Crippen molar-refractivity contribution >= 4 is 6.08 Å². The molecule has 0 saturated heterocycles. The van der Waals surface area contributed by atoms with Crippen molar-refractivity contribution in [2.24, 2.45) is 0 Å². The molecule has 0 aromatic heterocycles. The molecule has 0 bridgehead atoms. The predicted octanol–water partition coefficient (Wildman–Crippen LogP) is 9.06. The maximum absolute atomic E-state index is 14.8. The van der Waals surface area contributed by atoms with Crippen LogP contribution in [0.5, 0.6) is 0 Å². The highest BCUT2D eigenvalue weighted by Crippen LogP contribution is 2.33. The third-order valence-electron chi connectivity index (χ3n) is 5.39. The van der Waals surface area contributed by atoms with Crippen LogP contribution in [0.3, 0.4) is 0 Å². The lowest BCUT2D eigenvalue weighted by molar-refractivity contribution is -0.0790. The first-order chi connectivity index (χ1) is 15.5. The Labute approximate surface area is 187 Å². The van der Waals surface area contributed by atoms with Gasteiger partial charge in [-0.15, -0.1) is 0 Å². The molecule has 0 aliphatic carbocycles. The maximum atomic E-state index is 14.8. The third kappa shape index (κ3) is 5.83. The van der Waals surface area contributed by atoms with Gasteiger partial charge in [0, 0.05) is 22.8 Å². The number of rotatable bonds is 6. The summed E-state index contributed by atoms with van der Waals surface area (Å²) in [4.78, 5) is 0. The average molecular weight is 466 g/mol. The first kappa shape index (κ1) is 24.6. The topological polar surface area (TPSA) is 0 Å². The van der Waals surface area contributed by atoms with Gasteiger partial charge in [-0.2, -0.15) is 13.2 Å². The zero-order valence-electron chi connectivity index (χ0n) is 17.9. The molecular weight excluding hydrogens is 445 g/mol. The molecule has 0 spiro atoms. The van der Waals surface area contributed by atoms with Gasteiger partial charge in [0.05, 0.1) is 0 Å². The van der Waals surface area contributed by atoms with Crippen LogP contribution < -0.4 is 0 Å². The molecule has 0 N–H and O–H groups in total. The van der Waals surface area contributed by atoms with Crippen molar-refractivity contribution < 1.29 is 30.7 Å². The van der Waals surface area contributed by atoms with Crippen LogP contribution in [0.4, 0.5) is 30.7 Å². The lowest BCUT2D eigenvalue weighted by Crippen LogP contribution is -2.01. The van der Waals surface area contributed by atoms with Crippen molar-refractivity contribution in [2.75, 3.05) is 0 Å². The highest BCUT2D eigenvalue weighted by molar-refractivity contribution is 5.72. The van der Waals surface area contributed by atoms with E-state index in [0.29, 0.717) is 0 Å². The van der Waals surface area contributed by atoms with Gasteiger partial charge in [-0.25, -0.2) is 17.6 Å². The Morgan fingerprint density at radius 2 is 1.30 bits per heavy atom. The summed E-state index contributed by atoms with van der Waals surface area (Å²) < 4.78 is 94.8. The molecule has 174 valence electrons. The smallest absolute Gasteiger partial charge is 0.206 e. The normalized spacial score (nSPS) is 13.0. The van der Waals surface area contributed by atoms with Crippen LogP contribution in [0.2, 0.25) is 0 Å². The molecule has 3 aromatic carbocycles. The lowest BCUT2D eigenvalue weighted by atomic mass is 9.93. The molecule has 33 heavy (non-hydrogen) atoms. The summed E-state index contributed by atoms with van der Waals surface area (Å²) in [6, 6.07) is 9.98. The van der Waals surface area contributed by atoms with Gasteiger partial charge in [-0.1, -0.05) is 44.5 Å². The first-order valence-corrected chi connectivity index (χ1v) is 10.3. The van der Waals surface area contributed by atoms with Gasteiger partial charge >= 0.3 is 6.18 Å². The van der Waals surface area contributed by atoms with E-state index in [1.54, 1.807) is 12.1 Å². The van der Waals surface area contributed by atoms with Gasteiger partial charge in [0.25, 0.3) is 0 Å². The minimum atomic E-state index is -4.74. The van der Waals surface area contributed by atoms with Gasteiger partial charge in [0.1, 0.15) is 23.3 Å². The van der Waals surface area contributed by atoms with Crippen molar-refractivity contribution in [1.82, 2.24) is 0 Å². The van der Waals surface area contributed by atoms with Gasteiger partial charge in [-0.05, 0) is 59.4 Å².